The molecule has 1 unspecified atom stereocenters. The van der Waals surface area contributed by atoms with Gasteiger partial charge in [0.1, 0.15) is 4.88 Å². The quantitative estimate of drug-likeness (QED) is 0.822. The minimum atomic E-state index is -0.383. The Hall–Kier alpha value is -1.73. The number of aromatic nitrogens is 1. The first-order valence-corrected chi connectivity index (χ1v) is 8.62. The van der Waals surface area contributed by atoms with Gasteiger partial charge in [0.15, 0.2) is 0 Å². The van der Waals surface area contributed by atoms with Crippen LogP contribution >= 0.6 is 22.7 Å². The number of methoxy groups -OCH3 is 1. The highest BCUT2D eigenvalue weighted by Crippen LogP contribution is 2.25. The summed E-state index contributed by atoms with van der Waals surface area (Å²) in [4.78, 5) is 29.9. The molecular formula is C15H18N2O3S2. The highest BCUT2D eigenvalue weighted by Gasteiger charge is 2.23. The zero-order chi connectivity index (χ0) is 16.1. The monoisotopic (exact) mass is 338 g/mol. The number of hydrogen-bond acceptors (Lipinski definition) is 6. The number of thiophene rings is 1. The summed E-state index contributed by atoms with van der Waals surface area (Å²) in [5, 5.41) is 5.77. The van der Waals surface area contributed by atoms with E-state index in [4.69, 9.17) is 4.74 Å². The maximum absolute atomic E-state index is 12.5. The molecule has 0 fully saturated rings. The number of nitrogens with zero attached hydrogens (tertiary/aromatic N) is 1. The van der Waals surface area contributed by atoms with Crippen molar-refractivity contribution in [3.8, 4) is 0 Å². The molecule has 1 N–H and O–H groups in total. The second-order valence-electron chi connectivity index (χ2n) is 4.70. The fourth-order valence-corrected chi connectivity index (χ4v) is 3.69. The third-order valence-electron chi connectivity index (χ3n) is 3.14. The van der Waals surface area contributed by atoms with Crippen molar-refractivity contribution in [3.63, 3.8) is 0 Å². The molecule has 2 aromatic heterocycles. The van der Waals surface area contributed by atoms with Crippen molar-refractivity contribution in [2.45, 2.75) is 32.7 Å². The molecule has 2 aromatic rings. The Morgan fingerprint density at radius 2 is 2.23 bits per heavy atom. The van der Waals surface area contributed by atoms with Crippen LogP contribution in [-0.2, 0) is 16.0 Å². The Morgan fingerprint density at radius 1 is 1.45 bits per heavy atom. The molecule has 0 aromatic carbocycles. The molecule has 1 amide bonds. The third kappa shape index (κ3) is 3.92. The molecule has 0 bridgehead atoms. The van der Waals surface area contributed by atoms with Gasteiger partial charge < -0.3 is 10.1 Å². The Balaban J connectivity index is 2.17. The standard InChI is InChI=1S/C15H18N2O3S2/c1-4-12-16-9(2)14(22-12)15(19)17-10(8-13(18)20-3)11-6-5-7-21-11/h5-7,10H,4,8H2,1-3H3,(H,17,19). The van der Waals surface area contributed by atoms with Crippen LogP contribution in [0.1, 0.15) is 44.6 Å². The lowest BCUT2D eigenvalue weighted by Crippen LogP contribution is -2.29. The van der Waals surface area contributed by atoms with Crippen LogP contribution in [0, 0.1) is 6.92 Å². The van der Waals surface area contributed by atoms with Crippen LogP contribution in [-0.4, -0.2) is 24.0 Å². The number of carbonyl (C=O) groups excluding carboxylic acids is 2. The molecule has 0 spiro atoms. The molecule has 1 atom stereocenters. The SMILES string of the molecule is CCc1nc(C)c(C(=O)NC(CC(=O)OC)c2cccs2)s1. The Bertz CT molecular complexity index is 650. The van der Waals surface area contributed by atoms with Gasteiger partial charge in [-0.05, 0) is 24.8 Å². The molecule has 5 nitrogen and oxygen atoms in total. The first-order valence-electron chi connectivity index (χ1n) is 6.92. The summed E-state index contributed by atoms with van der Waals surface area (Å²) in [6, 6.07) is 3.41. The van der Waals surface area contributed by atoms with Crippen LogP contribution in [0.3, 0.4) is 0 Å². The Morgan fingerprint density at radius 3 is 2.77 bits per heavy atom. The van der Waals surface area contributed by atoms with Gasteiger partial charge in [-0.1, -0.05) is 13.0 Å². The fraction of sp³-hybridized carbons (Fsp3) is 0.400. The van der Waals surface area contributed by atoms with Gasteiger partial charge in [0, 0.05) is 4.88 Å². The summed E-state index contributed by atoms with van der Waals surface area (Å²) in [5.41, 5.74) is 0.724. The van der Waals surface area contributed by atoms with Gasteiger partial charge in [0.05, 0.1) is 30.3 Å². The average molecular weight is 338 g/mol. The van der Waals surface area contributed by atoms with Crippen molar-refractivity contribution >= 4 is 34.6 Å². The molecule has 0 saturated carbocycles. The summed E-state index contributed by atoms with van der Waals surface area (Å²) < 4.78 is 4.72. The van der Waals surface area contributed by atoms with Crippen molar-refractivity contribution in [2.75, 3.05) is 7.11 Å². The number of rotatable bonds is 6. The molecule has 0 aliphatic heterocycles. The Kier molecular flexibility index (Phi) is 5.68. The summed E-state index contributed by atoms with van der Waals surface area (Å²) in [6.07, 6.45) is 0.913. The molecule has 22 heavy (non-hydrogen) atoms. The highest BCUT2D eigenvalue weighted by atomic mass is 32.1. The van der Waals surface area contributed by atoms with Crippen LogP contribution < -0.4 is 5.32 Å². The summed E-state index contributed by atoms with van der Waals surface area (Å²) in [7, 11) is 1.34. The lowest BCUT2D eigenvalue weighted by molar-refractivity contribution is -0.141. The Labute approximate surface area is 137 Å². The van der Waals surface area contributed by atoms with Crippen LogP contribution in [0.15, 0.2) is 17.5 Å². The molecule has 0 aliphatic carbocycles. The molecule has 2 heterocycles. The van der Waals surface area contributed by atoms with Crippen LogP contribution in [0.25, 0.3) is 0 Å². The number of aryl methyl sites for hydroxylation is 2. The van der Waals surface area contributed by atoms with Crippen LogP contribution in [0.4, 0.5) is 0 Å². The first-order chi connectivity index (χ1) is 10.5. The summed E-state index contributed by atoms with van der Waals surface area (Å²) in [6.45, 7) is 3.83. The third-order valence-corrected chi connectivity index (χ3v) is 5.43. The van der Waals surface area contributed by atoms with E-state index in [-0.39, 0.29) is 24.3 Å². The second kappa shape index (κ2) is 7.51. The number of nitrogens with one attached hydrogen (secondary N) is 1. The number of esters is 1. The van der Waals surface area contributed by atoms with E-state index in [0.29, 0.717) is 4.88 Å². The molecule has 0 saturated heterocycles. The van der Waals surface area contributed by atoms with Gasteiger partial charge in [-0.2, -0.15) is 0 Å². The van der Waals surface area contributed by atoms with E-state index < -0.39 is 0 Å². The average Bonchev–Trinajstić information content (AvgIpc) is 3.15. The van der Waals surface area contributed by atoms with Gasteiger partial charge in [0.25, 0.3) is 5.91 Å². The van der Waals surface area contributed by atoms with Crippen molar-refractivity contribution in [2.24, 2.45) is 0 Å². The van der Waals surface area contributed by atoms with E-state index in [9.17, 15) is 9.59 Å². The molecule has 0 aliphatic rings. The first kappa shape index (κ1) is 16.6. The van der Waals surface area contributed by atoms with Crippen LogP contribution in [0.2, 0.25) is 0 Å². The lowest BCUT2D eigenvalue weighted by Gasteiger charge is -2.16. The molecular weight excluding hydrogens is 320 g/mol. The van der Waals surface area contributed by atoms with Gasteiger partial charge in [-0.25, -0.2) is 4.98 Å². The number of carbonyl (C=O) groups is 2. The molecule has 118 valence electrons. The number of amides is 1. The number of thiazole rings is 1. The lowest BCUT2D eigenvalue weighted by atomic mass is 10.1. The normalized spacial score (nSPS) is 12.0. The predicted octanol–water partition coefficient (Wildman–Crippen LogP) is 3.11. The largest absolute Gasteiger partial charge is 0.469 e. The van der Waals surface area contributed by atoms with Crippen molar-refractivity contribution in [3.05, 3.63) is 38.0 Å². The van der Waals surface area contributed by atoms with E-state index in [1.807, 2.05) is 31.4 Å². The summed E-state index contributed by atoms with van der Waals surface area (Å²) in [5.74, 6) is -0.550. The topological polar surface area (TPSA) is 68.3 Å². The molecule has 0 radical (unpaired) electrons. The van der Waals surface area contributed by atoms with Gasteiger partial charge in [-0.3, -0.25) is 9.59 Å². The van der Waals surface area contributed by atoms with Crippen molar-refractivity contribution < 1.29 is 14.3 Å². The molecule has 7 heteroatoms. The van der Waals surface area contributed by atoms with Gasteiger partial charge in [0.2, 0.25) is 0 Å². The van der Waals surface area contributed by atoms with E-state index in [2.05, 4.69) is 10.3 Å². The summed E-state index contributed by atoms with van der Waals surface area (Å²) >= 11 is 2.90. The van der Waals surface area contributed by atoms with Crippen molar-refractivity contribution in [1.29, 1.82) is 0 Å². The van der Waals surface area contributed by atoms with E-state index in [1.54, 1.807) is 0 Å². The van der Waals surface area contributed by atoms with Crippen molar-refractivity contribution in [1.82, 2.24) is 10.3 Å². The number of hydrogen-bond donors (Lipinski definition) is 1. The van der Waals surface area contributed by atoms with Gasteiger partial charge >= 0.3 is 5.97 Å². The zero-order valence-corrected chi connectivity index (χ0v) is 14.3. The maximum atomic E-state index is 12.5. The fourth-order valence-electron chi connectivity index (χ4n) is 2.00. The molecule has 2 rings (SSSR count). The van der Waals surface area contributed by atoms with E-state index >= 15 is 0 Å². The number of ether oxygens (including phenoxy) is 1. The minimum absolute atomic E-state index is 0.112. The highest BCUT2D eigenvalue weighted by molar-refractivity contribution is 7.13. The van der Waals surface area contributed by atoms with E-state index in [1.165, 1.54) is 29.8 Å². The zero-order valence-electron chi connectivity index (χ0n) is 12.7. The predicted molar refractivity (Wildman–Crippen MR) is 87.4 cm³/mol. The maximum Gasteiger partial charge on any atom is 0.307 e. The van der Waals surface area contributed by atoms with Gasteiger partial charge in [-0.15, -0.1) is 22.7 Å². The minimum Gasteiger partial charge on any atom is -0.469 e. The smallest absolute Gasteiger partial charge is 0.307 e. The van der Waals surface area contributed by atoms with Crippen LogP contribution in [0.5, 0.6) is 0 Å². The van der Waals surface area contributed by atoms with E-state index in [0.717, 1.165) is 22.0 Å². The second-order valence-corrected chi connectivity index (χ2v) is 6.76.